The van der Waals surface area contributed by atoms with Crippen LogP contribution in [-0.4, -0.2) is 21.4 Å². The van der Waals surface area contributed by atoms with E-state index in [2.05, 4.69) is 4.79 Å². The van der Waals surface area contributed by atoms with E-state index in [0.717, 1.165) is 0 Å². The molecule has 1 rings (SSSR count). The molecular formula is C10H9ClN2O2. The molecule has 15 heavy (non-hydrogen) atoms. The maximum Gasteiger partial charge on any atom is 0.366 e. The summed E-state index contributed by atoms with van der Waals surface area (Å²) in [6, 6.07) is 6.36. The van der Waals surface area contributed by atoms with Gasteiger partial charge in [0, 0.05) is 11.9 Å². The highest BCUT2D eigenvalue weighted by Gasteiger charge is 2.27. The molecule has 0 spiro atoms. The van der Waals surface area contributed by atoms with E-state index in [1.165, 1.54) is 13.0 Å². The average Bonchev–Trinajstić information content (AvgIpc) is 2.18. The Labute approximate surface area is 91.7 Å². The fourth-order valence-electron chi connectivity index (χ4n) is 1.15. The van der Waals surface area contributed by atoms with Crippen LogP contribution in [0.4, 0.5) is 0 Å². The third-order valence-corrected chi connectivity index (χ3v) is 2.13. The van der Waals surface area contributed by atoms with Crippen LogP contribution in [0, 0.1) is 0 Å². The summed E-state index contributed by atoms with van der Waals surface area (Å²) in [6.45, 7) is 1.21. The first-order valence-corrected chi connectivity index (χ1v) is 4.60. The number of carbonyl (C=O) groups excluding carboxylic acids is 1. The fraction of sp³-hybridized carbons (Fsp3) is 0.200. The molecule has 0 heterocycles. The fourth-order valence-corrected chi connectivity index (χ4v) is 1.35. The summed E-state index contributed by atoms with van der Waals surface area (Å²) in [5.41, 5.74) is 8.67. The molecule has 0 radical (unpaired) electrons. The van der Waals surface area contributed by atoms with E-state index in [1.54, 1.807) is 18.2 Å². The lowest BCUT2D eigenvalue weighted by molar-refractivity contribution is -0.117. The van der Waals surface area contributed by atoms with Gasteiger partial charge in [-0.3, -0.25) is 4.79 Å². The second kappa shape index (κ2) is 4.84. The van der Waals surface area contributed by atoms with Crippen molar-refractivity contribution in [2.75, 3.05) is 0 Å². The van der Waals surface area contributed by atoms with E-state index in [1.807, 2.05) is 0 Å². The highest BCUT2D eigenvalue weighted by Crippen LogP contribution is 2.18. The minimum Gasteiger partial charge on any atom is -0.376 e. The van der Waals surface area contributed by atoms with Crippen molar-refractivity contribution in [3.05, 3.63) is 40.4 Å². The summed E-state index contributed by atoms with van der Waals surface area (Å²) in [4.78, 5) is 13.8. The first-order valence-electron chi connectivity index (χ1n) is 4.22. The molecule has 0 saturated heterocycles. The number of Topliss-reactive ketones (excluding diaryl/α,β-unsaturated/α-hetero) is 1. The summed E-state index contributed by atoms with van der Waals surface area (Å²) >= 11 is 5.72. The van der Waals surface area contributed by atoms with Crippen molar-refractivity contribution in [3.8, 4) is 0 Å². The first-order chi connectivity index (χ1) is 7.06. The standard InChI is InChI=1S/C10H9ClN2O2/c1-6(14)9(13-12)10(15)7-3-2-4-8(11)5-7/h2-5,10,15H,1H3. The number of hydrogen-bond donors (Lipinski definition) is 1. The first kappa shape index (κ1) is 11.6. The molecule has 0 aliphatic carbocycles. The van der Waals surface area contributed by atoms with Gasteiger partial charge in [0.1, 0.15) is 0 Å². The maximum atomic E-state index is 11.0. The third-order valence-electron chi connectivity index (χ3n) is 1.89. The van der Waals surface area contributed by atoms with Gasteiger partial charge in [0.05, 0.1) is 0 Å². The minimum atomic E-state index is -1.26. The van der Waals surface area contributed by atoms with Gasteiger partial charge in [0.25, 0.3) is 0 Å². The van der Waals surface area contributed by atoms with Gasteiger partial charge in [-0.15, -0.1) is 0 Å². The summed E-state index contributed by atoms with van der Waals surface area (Å²) in [7, 11) is 0. The molecule has 1 aromatic carbocycles. The predicted octanol–water partition coefficient (Wildman–Crippen LogP) is 1.63. The van der Waals surface area contributed by atoms with E-state index in [-0.39, 0.29) is 5.71 Å². The number of aliphatic hydroxyl groups is 1. The van der Waals surface area contributed by atoms with Gasteiger partial charge in [-0.25, -0.2) is 0 Å². The van der Waals surface area contributed by atoms with Crippen LogP contribution < -0.4 is 0 Å². The Morgan fingerprint density at radius 1 is 1.60 bits per heavy atom. The molecule has 0 bridgehead atoms. The number of nitrogens with zero attached hydrogens (tertiary/aromatic N) is 2. The monoisotopic (exact) mass is 224 g/mol. The Morgan fingerprint density at radius 3 is 2.73 bits per heavy atom. The molecule has 1 N–H and O–H groups in total. The van der Waals surface area contributed by atoms with Crippen LogP contribution in [0.2, 0.25) is 5.02 Å². The van der Waals surface area contributed by atoms with Crippen molar-refractivity contribution in [3.63, 3.8) is 0 Å². The van der Waals surface area contributed by atoms with Crippen molar-refractivity contribution in [1.29, 1.82) is 0 Å². The van der Waals surface area contributed by atoms with Gasteiger partial charge in [0.2, 0.25) is 5.78 Å². The van der Waals surface area contributed by atoms with Gasteiger partial charge in [-0.1, -0.05) is 23.7 Å². The van der Waals surface area contributed by atoms with Crippen molar-refractivity contribution >= 4 is 23.1 Å². The number of halogens is 1. The Kier molecular flexibility index (Phi) is 3.74. The second-order valence-corrected chi connectivity index (χ2v) is 3.44. The summed E-state index contributed by atoms with van der Waals surface area (Å²) in [5.74, 6) is -0.495. The molecule has 1 atom stereocenters. The number of ketones is 1. The minimum absolute atomic E-state index is 0.308. The van der Waals surface area contributed by atoms with Gasteiger partial charge in [-0.05, 0) is 17.7 Å². The second-order valence-electron chi connectivity index (χ2n) is 3.00. The zero-order valence-corrected chi connectivity index (χ0v) is 8.77. The molecular weight excluding hydrogens is 216 g/mol. The van der Waals surface area contributed by atoms with Crippen molar-refractivity contribution < 1.29 is 14.7 Å². The predicted molar refractivity (Wildman–Crippen MR) is 55.7 cm³/mol. The van der Waals surface area contributed by atoms with Crippen LogP contribution >= 0.6 is 11.6 Å². The summed E-state index contributed by atoms with van der Waals surface area (Å²) in [5, 5.41) is 10.1. The maximum absolute atomic E-state index is 11.0. The molecule has 1 unspecified atom stereocenters. The van der Waals surface area contributed by atoms with Crippen LogP contribution in [0.15, 0.2) is 24.3 Å². The van der Waals surface area contributed by atoms with Crippen LogP contribution in [0.25, 0.3) is 5.53 Å². The molecule has 78 valence electrons. The lowest BCUT2D eigenvalue weighted by Crippen LogP contribution is -2.20. The normalized spacial score (nSPS) is 11.7. The van der Waals surface area contributed by atoms with Crippen molar-refractivity contribution in [2.45, 2.75) is 13.0 Å². The highest BCUT2D eigenvalue weighted by molar-refractivity contribution is 6.38. The van der Waals surface area contributed by atoms with E-state index in [0.29, 0.717) is 10.6 Å². The number of carbonyl (C=O) groups is 1. The van der Waals surface area contributed by atoms with Crippen LogP contribution in [0.5, 0.6) is 0 Å². The Hall–Kier alpha value is -1.48. The van der Waals surface area contributed by atoms with Gasteiger partial charge in [0.15, 0.2) is 6.10 Å². The highest BCUT2D eigenvalue weighted by atomic mass is 35.5. The topological polar surface area (TPSA) is 73.7 Å². The molecule has 0 aromatic heterocycles. The van der Waals surface area contributed by atoms with E-state index in [9.17, 15) is 9.90 Å². The summed E-state index contributed by atoms with van der Waals surface area (Å²) < 4.78 is 0. The number of rotatable bonds is 3. The van der Waals surface area contributed by atoms with Gasteiger partial charge >= 0.3 is 5.71 Å². The van der Waals surface area contributed by atoms with E-state index >= 15 is 0 Å². The van der Waals surface area contributed by atoms with Crippen molar-refractivity contribution in [1.82, 2.24) is 0 Å². The number of benzene rings is 1. The van der Waals surface area contributed by atoms with Gasteiger partial charge in [-0.2, -0.15) is 4.79 Å². The van der Waals surface area contributed by atoms with Crippen LogP contribution in [-0.2, 0) is 4.79 Å². The quantitative estimate of drug-likeness (QED) is 0.481. The number of hydrogen-bond acceptors (Lipinski definition) is 2. The molecule has 1 aromatic rings. The number of aliphatic hydroxyl groups excluding tert-OH is 1. The lowest BCUT2D eigenvalue weighted by Gasteiger charge is -2.04. The lowest BCUT2D eigenvalue weighted by atomic mass is 10.0. The Bertz CT molecular complexity index is 439. The zero-order valence-electron chi connectivity index (χ0n) is 8.01. The van der Waals surface area contributed by atoms with Gasteiger partial charge < -0.3 is 10.6 Å². The van der Waals surface area contributed by atoms with Crippen LogP contribution in [0.3, 0.4) is 0 Å². The third kappa shape index (κ3) is 2.73. The van der Waals surface area contributed by atoms with E-state index in [4.69, 9.17) is 17.1 Å². The molecule has 0 amide bonds. The molecule has 0 aliphatic heterocycles. The zero-order chi connectivity index (χ0) is 11.4. The molecule has 0 fully saturated rings. The van der Waals surface area contributed by atoms with E-state index < -0.39 is 11.9 Å². The smallest absolute Gasteiger partial charge is 0.366 e. The largest absolute Gasteiger partial charge is 0.376 e. The Morgan fingerprint density at radius 2 is 2.27 bits per heavy atom. The average molecular weight is 225 g/mol. The summed E-state index contributed by atoms with van der Waals surface area (Å²) in [6.07, 6.45) is -1.26. The molecule has 4 nitrogen and oxygen atoms in total. The molecule has 0 aliphatic rings. The van der Waals surface area contributed by atoms with Crippen molar-refractivity contribution in [2.24, 2.45) is 0 Å². The Balaban J connectivity index is 3.09. The molecule has 0 saturated carbocycles. The molecule has 5 heteroatoms. The SMILES string of the molecule is CC(=O)C(=[N+]=[N-])C(O)c1cccc(Cl)c1. The van der Waals surface area contributed by atoms with Crippen LogP contribution in [0.1, 0.15) is 18.6 Å².